The highest BCUT2D eigenvalue weighted by Gasteiger charge is 2.38. The highest BCUT2D eigenvalue weighted by molar-refractivity contribution is 6.20. The normalized spacial score (nSPS) is 13.6. The van der Waals surface area contributed by atoms with Gasteiger partial charge in [0.2, 0.25) is 5.50 Å². The average molecular weight is 266 g/mol. The SMILES string of the molecule is N#Cc1cc(N=NC(Cl)C(F)(F)F)ccc1F. The van der Waals surface area contributed by atoms with Gasteiger partial charge in [0.15, 0.2) is 0 Å². The third-order valence-electron chi connectivity index (χ3n) is 1.62. The van der Waals surface area contributed by atoms with Crippen LogP contribution in [0, 0.1) is 17.1 Å². The van der Waals surface area contributed by atoms with Gasteiger partial charge in [0, 0.05) is 0 Å². The quantitative estimate of drug-likeness (QED) is 0.346. The third kappa shape index (κ3) is 3.67. The molecule has 0 N–H and O–H groups in total. The largest absolute Gasteiger partial charge is 0.426 e. The summed E-state index contributed by atoms with van der Waals surface area (Å²) < 4.78 is 48.7. The Labute approximate surface area is 98.3 Å². The number of nitrogens with zero attached hydrogens (tertiary/aromatic N) is 3. The molecule has 0 aromatic heterocycles. The smallest absolute Gasteiger partial charge is 0.206 e. The van der Waals surface area contributed by atoms with Crippen molar-refractivity contribution in [1.82, 2.24) is 0 Å². The molecule has 1 rings (SSSR count). The predicted octanol–water partition coefficient (Wildman–Crippen LogP) is 3.91. The Balaban J connectivity index is 2.90. The summed E-state index contributed by atoms with van der Waals surface area (Å²) in [5.74, 6) is -0.787. The van der Waals surface area contributed by atoms with Crippen molar-refractivity contribution in [2.24, 2.45) is 10.2 Å². The molecule has 0 saturated heterocycles. The van der Waals surface area contributed by atoms with Crippen LogP contribution in [0.25, 0.3) is 0 Å². The first-order valence-electron chi connectivity index (χ1n) is 4.16. The van der Waals surface area contributed by atoms with E-state index in [4.69, 9.17) is 16.9 Å². The zero-order chi connectivity index (χ0) is 13.1. The molecule has 1 unspecified atom stereocenters. The lowest BCUT2D eigenvalue weighted by molar-refractivity contribution is -0.129. The molecular formula is C9H4ClF4N3. The van der Waals surface area contributed by atoms with E-state index in [1.807, 2.05) is 0 Å². The maximum Gasteiger partial charge on any atom is 0.426 e. The van der Waals surface area contributed by atoms with Gasteiger partial charge in [-0.1, -0.05) is 11.6 Å². The summed E-state index contributed by atoms with van der Waals surface area (Å²) in [6.07, 6.45) is -4.71. The van der Waals surface area contributed by atoms with E-state index < -0.39 is 17.5 Å². The summed E-state index contributed by atoms with van der Waals surface area (Å²) in [5, 5.41) is 14.5. The van der Waals surface area contributed by atoms with Gasteiger partial charge in [0.25, 0.3) is 0 Å². The number of hydrogen-bond donors (Lipinski definition) is 0. The number of azo groups is 1. The molecule has 0 aliphatic carbocycles. The minimum absolute atomic E-state index is 0.0853. The van der Waals surface area contributed by atoms with E-state index in [2.05, 4.69) is 10.2 Å². The molecule has 3 nitrogen and oxygen atoms in total. The highest BCUT2D eigenvalue weighted by atomic mass is 35.5. The Morgan fingerprint density at radius 2 is 2.00 bits per heavy atom. The minimum atomic E-state index is -4.71. The Morgan fingerprint density at radius 1 is 1.35 bits per heavy atom. The molecule has 0 aliphatic heterocycles. The Bertz CT molecular complexity index is 478. The van der Waals surface area contributed by atoms with Crippen molar-refractivity contribution < 1.29 is 17.6 Å². The second-order valence-electron chi connectivity index (χ2n) is 2.87. The Kier molecular flexibility index (Phi) is 4.02. The number of alkyl halides is 4. The highest BCUT2D eigenvalue weighted by Crippen LogP contribution is 2.27. The topological polar surface area (TPSA) is 48.5 Å². The lowest BCUT2D eigenvalue weighted by Crippen LogP contribution is -2.20. The van der Waals surface area contributed by atoms with E-state index in [1.165, 1.54) is 6.07 Å². The fraction of sp³-hybridized carbons (Fsp3) is 0.222. The molecule has 1 atom stereocenters. The van der Waals surface area contributed by atoms with Crippen molar-refractivity contribution >= 4 is 17.3 Å². The molecular weight excluding hydrogens is 262 g/mol. The van der Waals surface area contributed by atoms with Crippen LogP contribution in [0.4, 0.5) is 23.2 Å². The van der Waals surface area contributed by atoms with Crippen LogP contribution in [0.1, 0.15) is 5.56 Å². The van der Waals surface area contributed by atoms with Gasteiger partial charge >= 0.3 is 6.18 Å². The van der Waals surface area contributed by atoms with Crippen molar-refractivity contribution in [3.8, 4) is 6.07 Å². The summed E-state index contributed by atoms with van der Waals surface area (Å²) in [7, 11) is 0. The zero-order valence-electron chi connectivity index (χ0n) is 8.04. The third-order valence-corrected chi connectivity index (χ3v) is 1.95. The fourth-order valence-electron chi connectivity index (χ4n) is 0.844. The first-order chi connectivity index (χ1) is 7.84. The van der Waals surface area contributed by atoms with E-state index in [1.54, 1.807) is 0 Å². The van der Waals surface area contributed by atoms with E-state index in [-0.39, 0.29) is 11.3 Å². The molecule has 0 fully saturated rings. The number of hydrogen-bond acceptors (Lipinski definition) is 3. The molecule has 0 amide bonds. The molecule has 8 heteroatoms. The monoisotopic (exact) mass is 265 g/mol. The van der Waals surface area contributed by atoms with Crippen molar-refractivity contribution in [2.75, 3.05) is 0 Å². The summed E-state index contributed by atoms with van der Waals surface area (Å²) in [6, 6.07) is 4.48. The van der Waals surface area contributed by atoms with Crippen LogP contribution in [-0.2, 0) is 0 Å². The van der Waals surface area contributed by atoms with E-state index in [0.717, 1.165) is 18.2 Å². The molecule has 90 valence electrons. The Morgan fingerprint density at radius 3 is 2.53 bits per heavy atom. The number of benzene rings is 1. The Hall–Kier alpha value is -1.68. The molecule has 0 spiro atoms. The summed E-state index contributed by atoms with van der Waals surface area (Å²) in [5.41, 5.74) is -2.89. The van der Waals surface area contributed by atoms with Crippen LogP contribution in [0.2, 0.25) is 0 Å². The second-order valence-corrected chi connectivity index (χ2v) is 3.28. The molecule has 0 aliphatic rings. The molecule has 0 bridgehead atoms. The van der Waals surface area contributed by atoms with E-state index in [9.17, 15) is 17.6 Å². The number of nitriles is 1. The van der Waals surface area contributed by atoms with E-state index in [0.29, 0.717) is 0 Å². The van der Waals surface area contributed by atoms with Crippen molar-refractivity contribution in [2.45, 2.75) is 11.7 Å². The lowest BCUT2D eigenvalue weighted by Gasteiger charge is -2.06. The molecule has 1 aromatic carbocycles. The van der Waals surface area contributed by atoms with Crippen LogP contribution >= 0.6 is 11.6 Å². The first kappa shape index (κ1) is 13.4. The maximum atomic E-state index is 12.9. The molecule has 0 radical (unpaired) electrons. The van der Waals surface area contributed by atoms with Crippen LogP contribution < -0.4 is 0 Å². The number of halogens is 5. The minimum Gasteiger partial charge on any atom is -0.206 e. The maximum absolute atomic E-state index is 12.9. The molecule has 17 heavy (non-hydrogen) atoms. The molecule has 1 aromatic rings. The van der Waals surface area contributed by atoms with Gasteiger partial charge in [0.05, 0.1) is 11.3 Å². The number of rotatable bonds is 2. The van der Waals surface area contributed by atoms with Gasteiger partial charge in [-0.25, -0.2) is 4.39 Å². The summed E-state index contributed by atoms with van der Waals surface area (Å²) >= 11 is 4.89. The second kappa shape index (κ2) is 5.10. The molecule has 0 heterocycles. The predicted molar refractivity (Wildman–Crippen MR) is 51.3 cm³/mol. The van der Waals surface area contributed by atoms with Gasteiger partial charge in [-0.2, -0.15) is 28.7 Å². The van der Waals surface area contributed by atoms with Gasteiger partial charge in [-0.3, -0.25) is 0 Å². The zero-order valence-corrected chi connectivity index (χ0v) is 8.80. The van der Waals surface area contributed by atoms with Crippen molar-refractivity contribution in [3.05, 3.63) is 29.6 Å². The average Bonchev–Trinajstić information content (AvgIpc) is 2.26. The van der Waals surface area contributed by atoms with Gasteiger partial charge in [0.1, 0.15) is 11.9 Å². The van der Waals surface area contributed by atoms with Crippen LogP contribution in [-0.4, -0.2) is 11.7 Å². The van der Waals surface area contributed by atoms with Crippen LogP contribution in [0.5, 0.6) is 0 Å². The van der Waals surface area contributed by atoms with Gasteiger partial charge in [-0.15, -0.1) is 0 Å². The van der Waals surface area contributed by atoms with Gasteiger partial charge < -0.3 is 0 Å². The molecule has 0 saturated carbocycles. The van der Waals surface area contributed by atoms with Crippen LogP contribution in [0.3, 0.4) is 0 Å². The van der Waals surface area contributed by atoms with E-state index >= 15 is 0 Å². The summed E-state index contributed by atoms with van der Waals surface area (Å²) in [6.45, 7) is 0. The fourth-order valence-corrected chi connectivity index (χ4v) is 0.888. The first-order valence-corrected chi connectivity index (χ1v) is 4.59. The van der Waals surface area contributed by atoms with Gasteiger partial charge in [-0.05, 0) is 18.2 Å². The lowest BCUT2D eigenvalue weighted by atomic mass is 10.2. The van der Waals surface area contributed by atoms with Crippen LogP contribution in [0.15, 0.2) is 28.4 Å². The standard InChI is InChI=1S/C9H4ClF4N3/c10-8(9(12,13)14)17-16-6-1-2-7(11)5(3-6)4-15/h1-3,8H. The van der Waals surface area contributed by atoms with Crippen molar-refractivity contribution in [3.63, 3.8) is 0 Å². The summed E-state index contributed by atoms with van der Waals surface area (Å²) in [4.78, 5) is 0. The van der Waals surface area contributed by atoms with Crippen molar-refractivity contribution in [1.29, 1.82) is 5.26 Å².